The number of nitrogens with zero attached hydrogens (tertiary/aromatic N) is 1. The number of nitrogen functional groups attached to an aromatic ring is 1. The van der Waals surface area contributed by atoms with Gasteiger partial charge in [-0.15, -0.1) is 11.3 Å². The first-order chi connectivity index (χ1) is 9.84. The van der Waals surface area contributed by atoms with Crippen LogP contribution in [0.1, 0.15) is 23.4 Å². The van der Waals surface area contributed by atoms with Crippen LogP contribution in [-0.4, -0.2) is 14.7 Å². The number of nitriles is 1. The Bertz CT molecular complexity index is 790. The minimum atomic E-state index is -3.51. The van der Waals surface area contributed by atoms with Crippen molar-refractivity contribution in [1.29, 1.82) is 5.26 Å². The maximum Gasteiger partial charge on any atom is 0.180 e. The smallest absolute Gasteiger partial charge is 0.180 e. The molecule has 0 saturated heterocycles. The highest BCUT2D eigenvalue weighted by Gasteiger charge is 2.24. The first-order valence-corrected chi connectivity index (χ1v) is 8.89. The molecule has 0 amide bonds. The molecule has 0 fully saturated rings. The molecule has 0 aliphatic heterocycles. The lowest BCUT2D eigenvalue weighted by molar-refractivity contribution is 0.602. The fourth-order valence-corrected chi connectivity index (χ4v) is 4.44. The molecule has 0 saturated carbocycles. The Kier molecular flexibility index (Phi) is 4.21. The predicted octanol–water partition coefficient (Wildman–Crippen LogP) is 2.78. The van der Waals surface area contributed by atoms with Gasteiger partial charge in [-0.3, -0.25) is 0 Å². The number of nitrogens with two attached hydrogens (primary N) is 1. The third kappa shape index (κ3) is 3.17. The number of nitrogens with one attached hydrogen (secondary N) is 1. The molecule has 0 bridgehead atoms. The van der Waals surface area contributed by atoms with E-state index in [1.54, 1.807) is 0 Å². The fraction of sp³-hybridized carbons (Fsp3) is 0.214. The van der Waals surface area contributed by atoms with Crippen LogP contribution in [0.15, 0.2) is 35.2 Å². The summed E-state index contributed by atoms with van der Waals surface area (Å²) in [6.45, 7) is 1.92. The molecule has 110 valence electrons. The minimum absolute atomic E-state index is 0.00633. The van der Waals surface area contributed by atoms with E-state index < -0.39 is 9.84 Å². The molecule has 2 rings (SSSR count). The third-order valence-electron chi connectivity index (χ3n) is 3.02. The summed E-state index contributed by atoms with van der Waals surface area (Å²) in [6.07, 6.45) is 1.09. The predicted molar refractivity (Wildman–Crippen MR) is 85.0 cm³/mol. The molecule has 1 aromatic carbocycles. The molecule has 1 aromatic heterocycles. The largest absolute Gasteiger partial charge is 0.396 e. The zero-order valence-electron chi connectivity index (χ0n) is 11.6. The molecule has 3 N–H and O–H groups in total. The lowest BCUT2D eigenvalue weighted by atomic mass is 10.1. The Morgan fingerprint density at radius 3 is 2.48 bits per heavy atom. The van der Waals surface area contributed by atoms with Gasteiger partial charge in [-0.25, -0.2) is 8.42 Å². The number of rotatable bonds is 4. The van der Waals surface area contributed by atoms with E-state index >= 15 is 0 Å². The number of sulfone groups is 1. The third-order valence-corrected chi connectivity index (χ3v) is 5.36. The lowest BCUT2D eigenvalue weighted by Crippen LogP contribution is -2.09. The average Bonchev–Trinajstić information content (AvgIpc) is 2.75. The second-order valence-electron chi connectivity index (χ2n) is 4.66. The summed E-state index contributed by atoms with van der Waals surface area (Å²) in [7, 11) is -3.51. The normalized spacial score (nSPS) is 12.6. The number of hydrogen-bond donors (Lipinski definition) is 2. The molecule has 2 aromatic rings. The molecular weight excluding hydrogens is 306 g/mol. The van der Waals surface area contributed by atoms with Gasteiger partial charge in [0, 0.05) is 12.3 Å². The van der Waals surface area contributed by atoms with Crippen LogP contribution in [0.2, 0.25) is 0 Å². The van der Waals surface area contributed by atoms with E-state index in [1.165, 1.54) is 0 Å². The zero-order valence-corrected chi connectivity index (χ0v) is 13.3. The van der Waals surface area contributed by atoms with Gasteiger partial charge in [0.2, 0.25) is 0 Å². The van der Waals surface area contributed by atoms with Crippen LogP contribution in [0.3, 0.4) is 0 Å². The van der Waals surface area contributed by atoms with Gasteiger partial charge >= 0.3 is 0 Å². The molecule has 7 heteroatoms. The van der Waals surface area contributed by atoms with Gasteiger partial charge in [-0.2, -0.15) is 5.26 Å². The molecule has 0 spiro atoms. The van der Waals surface area contributed by atoms with Crippen molar-refractivity contribution in [3.63, 3.8) is 0 Å². The Morgan fingerprint density at radius 2 is 1.95 bits per heavy atom. The van der Waals surface area contributed by atoms with Crippen molar-refractivity contribution in [2.45, 2.75) is 17.9 Å². The summed E-state index contributed by atoms with van der Waals surface area (Å²) in [5.41, 5.74) is 6.82. The highest BCUT2D eigenvalue weighted by Crippen LogP contribution is 2.40. The Hall–Kier alpha value is -2.04. The maximum atomic E-state index is 11.9. The van der Waals surface area contributed by atoms with E-state index in [2.05, 4.69) is 5.32 Å². The molecule has 0 aliphatic rings. The molecule has 1 unspecified atom stereocenters. The van der Waals surface area contributed by atoms with Crippen LogP contribution < -0.4 is 11.1 Å². The quantitative estimate of drug-likeness (QED) is 0.902. The van der Waals surface area contributed by atoms with Gasteiger partial charge in [0.25, 0.3) is 0 Å². The van der Waals surface area contributed by atoms with Gasteiger partial charge < -0.3 is 11.1 Å². The summed E-state index contributed by atoms with van der Waals surface area (Å²) in [5, 5.41) is 12.6. The first-order valence-electron chi connectivity index (χ1n) is 6.18. The summed E-state index contributed by atoms with van der Waals surface area (Å²) in [4.78, 5) is 0.213. The van der Waals surface area contributed by atoms with Crippen molar-refractivity contribution in [3.8, 4) is 6.07 Å². The van der Waals surface area contributed by atoms with Crippen LogP contribution in [0.4, 0.5) is 10.7 Å². The fourth-order valence-electron chi connectivity index (χ4n) is 2.00. The standard InChI is InChI=1S/C14H15N3O2S2/c1-9(10-6-4-3-5-7-10)17-14-13(21(2,18)19)12(16)11(8-15)20-14/h3-7,9,17H,16H2,1-2H3. The molecule has 0 aliphatic carbocycles. The van der Waals surface area contributed by atoms with E-state index in [0.717, 1.165) is 23.2 Å². The first kappa shape index (κ1) is 15.4. The van der Waals surface area contributed by atoms with E-state index in [-0.39, 0.29) is 21.5 Å². The highest BCUT2D eigenvalue weighted by molar-refractivity contribution is 7.91. The van der Waals surface area contributed by atoms with Crippen molar-refractivity contribution in [2.24, 2.45) is 0 Å². The Balaban J connectivity index is 2.44. The SMILES string of the molecule is CC(Nc1sc(C#N)c(N)c1S(C)(=O)=O)c1ccccc1. The minimum Gasteiger partial charge on any atom is -0.396 e. The van der Waals surface area contributed by atoms with Gasteiger partial charge in [-0.1, -0.05) is 30.3 Å². The van der Waals surface area contributed by atoms with E-state index in [9.17, 15) is 8.42 Å². The topological polar surface area (TPSA) is 96.0 Å². The number of hydrogen-bond acceptors (Lipinski definition) is 6. The summed E-state index contributed by atoms with van der Waals surface area (Å²) >= 11 is 1.06. The number of thiophene rings is 1. The molecular formula is C14H15N3O2S2. The molecule has 0 radical (unpaired) electrons. The van der Waals surface area contributed by atoms with Gasteiger partial charge in [0.15, 0.2) is 9.84 Å². The highest BCUT2D eigenvalue weighted by atomic mass is 32.2. The molecule has 1 atom stereocenters. The van der Waals surface area contributed by atoms with Crippen molar-refractivity contribution >= 4 is 31.9 Å². The Labute approximate surface area is 127 Å². The van der Waals surface area contributed by atoms with Crippen molar-refractivity contribution in [3.05, 3.63) is 40.8 Å². The second-order valence-corrected chi connectivity index (χ2v) is 7.64. The summed E-state index contributed by atoms with van der Waals surface area (Å²) in [6, 6.07) is 11.5. The Morgan fingerprint density at radius 1 is 1.33 bits per heavy atom. The maximum absolute atomic E-state index is 11.9. The van der Waals surface area contributed by atoms with Crippen LogP contribution >= 0.6 is 11.3 Å². The number of benzene rings is 1. The summed E-state index contributed by atoms with van der Waals surface area (Å²) < 4.78 is 23.8. The van der Waals surface area contributed by atoms with Gasteiger partial charge in [0.1, 0.15) is 20.8 Å². The van der Waals surface area contributed by atoms with E-state index in [0.29, 0.717) is 5.00 Å². The van der Waals surface area contributed by atoms with Gasteiger partial charge in [0.05, 0.1) is 5.69 Å². The van der Waals surface area contributed by atoms with Crippen molar-refractivity contribution in [2.75, 3.05) is 17.3 Å². The van der Waals surface area contributed by atoms with E-state index in [1.807, 2.05) is 43.3 Å². The lowest BCUT2D eigenvalue weighted by Gasteiger charge is -2.15. The number of anilines is 2. The second kappa shape index (κ2) is 5.76. The zero-order chi connectivity index (χ0) is 15.6. The summed E-state index contributed by atoms with van der Waals surface area (Å²) in [5.74, 6) is 0. The molecule has 1 heterocycles. The van der Waals surface area contributed by atoms with Gasteiger partial charge in [-0.05, 0) is 12.5 Å². The van der Waals surface area contributed by atoms with E-state index in [4.69, 9.17) is 11.0 Å². The monoisotopic (exact) mass is 321 g/mol. The van der Waals surface area contributed by atoms with Crippen LogP contribution in [0.25, 0.3) is 0 Å². The van der Waals surface area contributed by atoms with Crippen LogP contribution in [-0.2, 0) is 9.84 Å². The average molecular weight is 321 g/mol. The molecule has 21 heavy (non-hydrogen) atoms. The van der Waals surface area contributed by atoms with Crippen molar-refractivity contribution in [1.82, 2.24) is 0 Å². The van der Waals surface area contributed by atoms with Crippen LogP contribution in [0.5, 0.6) is 0 Å². The molecule has 5 nitrogen and oxygen atoms in total. The van der Waals surface area contributed by atoms with Crippen LogP contribution in [0, 0.1) is 11.3 Å². The van der Waals surface area contributed by atoms with Crippen molar-refractivity contribution < 1.29 is 8.42 Å².